The maximum atomic E-state index is 5.76. The van der Waals surface area contributed by atoms with E-state index in [1.165, 1.54) is 6.42 Å². The van der Waals surface area contributed by atoms with Crippen molar-refractivity contribution in [2.75, 3.05) is 7.05 Å². The van der Waals surface area contributed by atoms with Gasteiger partial charge in [0.25, 0.3) is 0 Å². The molecule has 1 aliphatic rings. The van der Waals surface area contributed by atoms with Gasteiger partial charge in [0.05, 0.1) is 6.10 Å². The number of hydroxylamine groups is 2. The molecule has 2 atom stereocenters. The Labute approximate surface area is 75.8 Å². The summed E-state index contributed by atoms with van der Waals surface area (Å²) < 4.78 is 0. The van der Waals surface area contributed by atoms with Gasteiger partial charge < -0.3 is 0 Å². The van der Waals surface area contributed by atoms with Crippen LogP contribution in [0, 0.1) is 5.92 Å². The number of nitrogens with zero attached hydrogens (tertiary/aromatic N) is 1. The maximum Gasteiger partial charge on any atom is 0.0837 e. The summed E-state index contributed by atoms with van der Waals surface area (Å²) in [7, 11) is 2.04. The van der Waals surface area contributed by atoms with Crippen LogP contribution in [0.5, 0.6) is 0 Å². The van der Waals surface area contributed by atoms with Gasteiger partial charge in [-0.25, -0.2) is 0 Å². The predicted octanol–water partition coefficient (Wildman–Crippen LogP) is 2.45. The molecule has 0 aromatic rings. The maximum absolute atomic E-state index is 5.76. The van der Waals surface area contributed by atoms with Crippen LogP contribution in [0.4, 0.5) is 0 Å². The molecule has 1 rings (SSSR count). The summed E-state index contributed by atoms with van der Waals surface area (Å²) in [6, 6.07) is 0. The quantitative estimate of drug-likeness (QED) is 0.632. The molecular formula is C10H21NO. The fraction of sp³-hybridized carbons (Fsp3) is 1.00. The molecule has 2 nitrogen and oxygen atoms in total. The molecule has 0 aliphatic carbocycles. The fourth-order valence-electron chi connectivity index (χ4n) is 2.22. The molecule has 0 bridgehead atoms. The van der Waals surface area contributed by atoms with Gasteiger partial charge in [-0.1, -0.05) is 13.8 Å². The van der Waals surface area contributed by atoms with Gasteiger partial charge in [-0.3, -0.25) is 4.84 Å². The molecule has 0 aromatic heterocycles. The second-order valence-corrected chi connectivity index (χ2v) is 4.22. The Bertz CT molecular complexity index is 156. The van der Waals surface area contributed by atoms with E-state index < -0.39 is 0 Å². The van der Waals surface area contributed by atoms with Gasteiger partial charge in [0.1, 0.15) is 0 Å². The van der Waals surface area contributed by atoms with Gasteiger partial charge in [0, 0.05) is 18.5 Å². The number of hydrogen-bond donors (Lipinski definition) is 0. The van der Waals surface area contributed by atoms with Crippen LogP contribution in [0.25, 0.3) is 0 Å². The third kappa shape index (κ3) is 1.38. The Hall–Kier alpha value is -0.0800. The molecule has 12 heavy (non-hydrogen) atoms. The topological polar surface area (TPSA) is 12.5 Å². The minimum absolute atomic E-state index is 0.204. The molecule has 2 heteroatoms. The molecule has 0 saturated carbocycles. The van der Waals surface area contributed by atoms with Crippen LogP contribution < -0.4 is 0 Å². The largest absolute Gasteiger partial charge is 0.295 e. The summed E-state index contributed by atoms with van der Waals surface area (Å²) in [5, 5.41) is 2.02. The molecule has 0 amide bonds. The summed E-state index contributed by atoms with van der Waals surface area (Å²) in [6.45, 7) is 8.97. The first-order valence-corrected chi connectivity index (χ1v) is 4.94. The van der Waals surface area contributed by atoms with Crippen molar-refractivity contribution in [3.63, 3.8) is 0 Å². The molecule has 1 aliphatic heterocycles. The van der Waals surface area contributed by atoms with Crippen molar-refractivity contribution in [2.45, 2.75) is 52.2 Å². The summed E-state index contributed by atoms with van der Waals surface area (Å²) in [5.74, 6) is 0.674. The van der Waals surface area contributed by atoms with E-state index in [4.69, 9.17) is 4.84 Å². The van der Waals surface area contributed by atoms with E-state index in [0.29, 0.717) is 12.0 Å². The van der Waals surface area contributed by atoms with Gasteiger partial charge in [0.2, 0.25) is 0 Å². The van der Waals surface area contributed by atoms with Crippen LogP contribution >= 0.6 is 0 Å². The van der Waals surface area contributed by atoms with Crippen LogP contribution in [0.1, 0.15) is 40.5 Å². The number of rotatable bonds is 2. The summed E-state index contributed by atoms with van der Waals surface area (Å²) in [4.78, 5) is 5.76. The Balaban J connectivity index is 2.76. The minimum atomic E-state index is 0.204. The molecule has 72 valence electrons. The van der Waals surface area contributed by atoms with E-state index in [1.807, 2.05) is 12.1 Å². The monoisotopic (exact) mass is 171 g/mol. The van der Waals surface area contributed by atoms with E-state index >= 15 is 0 Å². The average molecular weight is 171 g/mol. The first-order valence-electron chi connectivity index (χ1n) is 4.94. The lowest BCUT2D eigenvalue weighted by molar-refractivity contribution is -0.161. The molecule has 1 fully saturated rings. The van der Waals surface area contributed by atoms with E-state index in [1.54, 1.807) is 0 Å². The highest BCUT2D eigenvalue weighted by atomic mass is 16.7. The fourth-order valence-corrected chi connectivity index (χ4v) is 2.22. The van der Waals surface area contributed by atoms with Crippen molar-refractivity contribution in [1.29, 1.82) is 0 Å². The van der Waals surface area contributed by atoms with Crippen molar-refractivity contribution in [3.8, 4) is 0 Å². The Kier molecular flexibility index (Phi) is 2.79. The normalized spacial score (nSPS) is 35.8. The third-order valence-electron chi connectivity index (χ3n) is 3.30. The van der Waals surface area contributed by atoms with Gasteiger partial charge in [-0.2, -0.15) is 5.06 Å². The van der Waals surface area contributed by atoms with Gasteiger partial charge in [-0.15, -0.1) is 0 Å². The Morgan fingerprint density at radius 1 is 1.25 bits per heavy atom. The zero-order chi connectivity index (χ0) is 9.35. The van der Waals surface area contributed by atoms with Crippen molar-refractivity contribution in [1.82, 2.24) is 5.06 Å². The molecule has 0 N–H and O–H groups in total. The van der Waals surface area contributed by atoms with Crippen molar-refractivity contribution in [2.24, 2.45) is 5.92 Å². The molecule has 1 saturated heterocycles. The first kappa shape index (κ1) is 10.0. The minimum Gasteiger partial charge on any atom is -0.295 e. The van der Waals surface area contributed by atoms with E-state index in [0.717, 1.165) is 6.42 Å². The third-order valence-corrected chi connectivity index (χ3v) is 3.30. The highest BCUT2D eigenvalue weighted by molar-refractivity contribution is 4.92. The van der Waals surface area contributed by atoms with Gasteiger partial charge in [0.15, 0.2) is 0 Å². The van der Waals surface area contributed by atoms with Crippen LogP contribution in [0.2, 0.25) is 0 Å². The van der Waals surface area contributed by atoms with E-state index in [2.05, 4.69) is 27.7 Å². The molecule has 0 spiro atoms. The smallest absolute Gasteiger partial charge is 0.0837 e. The summed E-state index contributed by atoms with van der Waals surface area (Å²) >= 11 is 0. The lowest BCUT2D eigenvalue weighted by Gasteiger charge is -2.30. The van der Waals surface area contributed by atoms with E-state index in [9.17, 15) is 0 Å². The lowest BCUT2D eigenvalue weighted by atomic mass is 9.82. The zero-order valence-electron chi connectivity index (χ0n) is 8.92. The summed E-state index contributed by atoms with van der Waals surface area (Å²) in [5.41, 5.74) is 0.204. The highest BCUT2D eigenvalue weighted by Gasteiger charge is 2.45. The lowest BCUT2D eigenvalue weighted by Crippen LogP contribution is -2.39. The molecular weight excluding hydrogens is 150 g/mol. The van der Waals surface area contributed by atoms with Crippen LogP contribution in [-0.4, -0.2) is 23.8 Å². The Morgan fingerprint density at radius 2 is 1.83 bits per heavy atom. The molecule has 0 aromatic carbocycles. The van der Waals surface area contributed by atoms with Crippen molar-refractivity contribution < 1.29 is 4.84 Å². The summed E-state index contributed by atoms with van der Waals surface area (Å²) in [6.07, 6.45) is 2.75. The molecule has 0 radical (unpaired) electrons. The SMILES string of the molecule is CCC1ON(C)C(C)(C)C1CC. The predicted molar refractivity (Wildman–Crippen MR) is 50.8 cm³/mol. The molecule has 2 unspecified atom stereocenters. The van der Waals surface area contributed by atoms with Crippen LogP contribution in [-0.2, 0) is 4.84 Å². The standard InChI is InChI=1S/C10H21NO/c1-6-8-9(7-2)12-11(5)10(8,3)4/h8-9H,6-7H2,1-5H3. The van der Waals surface area contributed by atoms with Gasteiger partial charge >= 0.3 is 0 Å². The second-order valence-electron chi connectivity index (χ2n) is 4.22. The Morgan fingerprint density at radius 3 is 2.17 bits per heavy atom. The second kappa shape index (κ2) is 3.35. The zero-order valence-corrected chi connectivity index (χ0v) is 8.92. The molecule has 1 heterocycles. The number of hydrogen-bond acceptors (Lipinski definition) is 2. The van der Waals surface area contributed by atoms with Crippen LogP contribution in [0.15, 0.2) is 0 Å². The average Bonchev–Trinajstić information content (AvgIpc) is 2.23. The van der Waals surface area contributed by atoms with E-state index in [-0.39, 0.29) is 5.54 Å². The van der Waals surface area contributed by atoms with Crippen molar-refractivity contribution >= 4 is 0 Å². The van der Waals surface area contributed by atoms with Crippen LogP contribution in [0.3, 0.4) is 0 Å². The highest BCUT2D eigenvalue weighted by Crippen LogP contribution is 2.38. The first-order chi connectivity index (χ1) is 5.54. The van der Waals surface area contributed by atoms with Gasteiger partial charge in [-0.05, 0) is 26.7 Å². The van der Waals surface area contributed by atoms with Crippen molar-refractivity contribution in [3.05, 3.63) is 0 Å².